The molecule has 0 spiro atoms. The number of benzene rings is 1. The molecule has 1 aliphatic rings. The number of carbonyl (C=O) groups excluding carboxylic acids is 1. The van der Waals surface area contributed by atoms with E-state index in [1.807, 2.05) is 6.07 Å². The predicted octanol–water partition coefficient (Wildman–Crippen LogP) is 3.23. The van der Waals surface area contributed by atoms with E-state index in [4.69, 9.17) is 0 Å². The molecule has 0 unspecified atom stereocenters. The second kappa shape index (κ2) is 5.51. The van der Waals surface area contributed by atoms with Crippen molar-refractivity contribution in [2.24, 2.45) is 5.92 Å². The predicted molar refractivity (Wildman–Crippen MR) is 69.8 cm³/mol. The number of amides is 1. The molecule has 1 aliphatic carbocycles. The van der Waals surface area contributed by atoms with Gasteiger partial charge in [0.15, 0.2) is 0 Å². The first-order valence-electron chi connectivity index (χ1n) is 6.61. The molecule has 2 atom stereocenters. The van der Waals surface area contributed by atoms with Crippen molar-refractivity contribution in [3.05, 3.63) is 35.6 Å². The Balaban J connectivity index is 1.79. The number of halogens is 1. The number of rotatable bonds is 5. The van der Waals surface area contributed by atoms with E-state index in [2.05, 4.69) is 19.2 Å². The maximum atomic E-state index is 13.1. The minimum absolute atomic E-state index is 0.118. The lowest BCUT2D eigenvalue weighted by Crippen LogP contribution is -2.26. The van der Waals surface area contributed by atoms with E-state index in [0.29, 0.717) is 18.3 Å². The molecule has 0 aromatic heterocycles. The van der Waals surface area contributed by atoms with Gasteiger partial charge in [0.25, 0.3) is 0 Å². The maximum Gasteiger partial charge on any atom is 0.220 e. The van der Waals surface area contributed by atoms with Crippen molar-refractivity contribution in [2.45, 2.75) is 45.1 Å². The van der Waals surface area contributed by atoms with Gasteiger partial charge in [-0.1, -0.05) is 26.0 Å². The summed E-state index contributed by atoms with van der Waals surface area (Å²) in [5.74, 6) is 0.759. The fourth-order valence-corrected chi connectivity index (χ4v) is 2.16. The van der Waals surface area contributed by atoms with E-state index in [-0.39, 0.29) is 17.8 Å². The summed E-state index contributed by atoms with van der Waals surface area (Å²) in [6.07, 6.45) is 2.43. The third kappa shape index (κ3) is 3.56. The highest BCUT2D eigenvalue weighted by atomic mass is 19.1. The molecule has 0 bridgehead atoms. The average molecular weight is 249 g/mol. The fraction of sp³-hybridized carbons (Fsp3) is 0.533. The summed E-state index contributed by atoms with van der Waals surface area (Å²) in [7, 11) is 0. The summed E-state index contributed by atoms with van der Waals surface area (Å²) in [5.41, 5.74) is 0.990. The van der Waals surface area contributed by atoms with Crippen LogP contribution in [0.1, 0.15) is 44.6 Å². The van der Waals surface area contributed by atoms with Crippen LogP contribution in [0.25, 0.3) is 0 Å². The van der Waals surface area contributed by atoms with Gasteiger partial charge in [0.1, 0.15) is 5.82 Å². The Hall–Kier alpha value is -1.38. The van der Waals surface area contributed by atoms with Crippen molar-refractivity contribution in [3.63, 3.8) is 0 Å². The highest BCUT2D eigenvalue weighted by Gasteiger charge is 2.39. The molecule has 0 radical (unpaired) electrons. The normalized spacial score (nSPS) is 22.0. The monoisotopic (exact) mass is 249 g/mol. The Morgan fingerprint density at radius 3 is 2.94 bits per heavy atom. The molecule has 18 heavy (non-hydrogen) atoms. The van der Waals surface area contributed by atoms with Gasteiger partial charge in [-0.05, 0) is 36.5 Å². The van der Waals surface area contributed by atoms with Crippen molar-refractivity contribution >= 4 is 5.91 Å². The molecule has 1 aromatic carbocycles. The standard InChI is InChI=1S/C15H20FNO/c1-10(2)6-7-15(18)17-14-9-13(14)11-4-3-5-12(16)8-11/h3-5,8,10,13-14H,6-7,9H2,1-2H3,(H,17,18)/t13-,14-/m0/s1. The van der Waals surface area contributed by atoms with Gasteiger partial charge in [0.2, 0.25) is 5.91 Å². The molecular formula is C15H20FNO. The van der Waals surface area contributed by atoms with Crippen molar-refractivity contribution in [1.29, 1.82) is 0 Å². The Morgan fingerprint density at radius 1 is 1.50 bits per heavy atom. The van der Waals surface area contributed by atoms with Crippen molar-refractivity contribution in [3.8, 4) is 0 Å². The van der Waals surface area contributed by atoms with E-state index in [0.717, 1.165) is 18.4 Å². The van der Waals surface area contributed by atoms with Crippen LogP contribution in [0.5, 0.6) is 0 Å². The van der Waals surface area contributed by atoms with Crippen LogP contribution in [0, 0.1) is 11.7 Å². The van der Waals surface area contributed by atoms with Gasteiger partial charge < -0.3 is 5.32 Å². The zero-order chi connectivity index (χ0) is 13.1. The molecule has 0 saturated heterocycles. The molecule has 1 saturated carbocycles. The van der Waals surface area contributed by atoms with Crippen molar-refractivity contribution in [1.82, 2.24) is 5.32 Å². The second-order valence-corrected chi connectivity index (χ2v) is 5.50. The zero-order valence-electron chi connectivity index (χ0n) is 10.9. The number of nitrogens with one attached hydrogen (secondary N) is 1. The third-order valence-corrected chi connectivity index (χ3v) is 3.36. The number of hydrogen-bond acceptors (Lipinski definition) is 1. The number of carbonyl (C=O) groups is 1. The SMILES string of the molecule is CC(C)CCC(=O)N[C@H]1C[C@H]1c1cccc(F)c1. The van der Waals surface area contributed by atoms with E-state index in [1.165, 1.54) is 6.07 Å². The van der Waals surface area contributed by atoms with Gasteiger partial charge in [-0.15, -0.1) is 0 Å². The van der Waals surface area contributed by atoms with Gasteiger partial charge in [0.05, 0.1) is 0 Å². The molecule has 2 rings (SSSR count). The molecule has 1 amide bonds. The lowest BCUT2D eigenvalue weighted by atomic mass is 10.1. The van der Waals surface area contributed by atoms with Crippen LogP contribution in [0.4, 0.5) is 4.39 Å². The molecule has 1 aromatic rings. The van der Waals surface area contributed by atoms with Gasteiger partial charge in [-0.25, -0.2) is 4.39 Å². The minimum atomic E-state index is -0.204. The summed E-state index contributed by atoms with van der Waals surface area (Å²) in [6, 6.07) is 6.85. The summed E-state index contributed by atoms with van der Waals surface area (Å²) < 4.78 is 13.1. The molecule has 0 aliphatic heterocycles. The summed E-state index contributed by atoms with van der Waals surface area (Å²) in [6.45, 7) is 4.22. The first-order chi connectivity index (χ1) is 8.56. The van der Waals surface area contributed by atoms with Crippen molar-refractivity contribution in [2.75, 3.05) is 0 Å². The Labute approximate surface area is 108 Å². The first kappa shape index (κ1) is 13.1. The topological polar surface area (TPSA) is 29.1 Å². The molecule has 0 heterocycles. The molecule has 98 valence electrons. The zero-order valence-corrected chi connectivity index (χ0v) is 10.9. The van der Waals surface area contributed by atoms with Crippen LogP contribution < -0.4 is 5.32 Å². The third-order valence-electron chi connectivity index (χ3n) is 3.36. The second-order valence-electron chi connectivity index (χ2n) is 5.50. The van der Waals surface area contributed by atoms with E-state index in [1.54, 1.807) is 12.1 Å². The number of hydrogen-bond donors (Lipinski definition) is 1. The summed E-state index contributed by atoms with van der Waals surface area (Å²) >= 11 is 0. The van der Waals surface area contributed by atoms with Crippen LogP contribution in [0.3, 0.4) is 0 Å². The van der Waals surface area contributed by atoms with Crippen LogP contribution >= 0.6 is 0 Å². The maximum absolute atomic E-state index is 13.1. The Bertz CT molecular complexity index is 430. The van der Waals surface area contributed by atoms with Crippen LogP contribution in [0.15, 0.2) is 24.3 Å². The van der Waals surface area contributed by atoms with Gasteiger partial charge in [0, 0.05) is 18.4 Å². The highest BCUT2D eigenvalue weighted by molar-refractivity contribution is 5.76. The molecule has 1 fully saturated rings. The molecular weight excluding hydrogens is 229 g/mol. The van der Waals surface area contributed by atoms with E-state index >= 15 is 0 Å². The van der Waals surface area contributed by atoms with Crippen LogP contribution in [0.2, 0.25) is 0 Å². The first-order valence-corrected chi connectivity index (χ1v) is 6.61. The average Bonchev–Trinajstić information content (AvgIpc) is 3.06. The molecule has 2 nitrogen and oxygen atoms in total. The quantitative estimate of drug-likeness (QED) is 0.852. The Kier molecular flexibility index (Phi) is 4.00. The van der Waals surface area contributed by atoms with Crippen LogP contribution in [-0.4, -0.2) is 11.9 Å². The van der Waals surface area contributed by atoms with Gasteiger partial charge in [-0.2, -0.15) is 0 Å². The lowest BCUT2D eigenvalue weighted by Gasteiger charge is -2.06. The van der Waals surface area contributed by atoms with Gasteiger partial charge in [-0.3, -0.25) is 4.79 Å². The van der Waals surface area contributed by atoms with Gasteiger partial charge >= 0.3 is 0 Å². The fourth-order valence-electron chi connectivity index (χ4n) is 2.16. The summed E-state index contributed by atoms with van der Waals surface area (Å²) in [4.78, 5) is 11.7. The van der Waals surface area contributed by atoms with E-state index in [9.17, 15) is 9.18 Å². The summed E-state index contributed by atoms with van der Waals surface area (Å²) in [5, 5.41) is 3.02. The van der Waals surface area contributed by atoms with Crippen molar-refractivity contribution < 1.29 is 9.18 Å². The smallest absolute Gasteiger partial charge is 0.220 e. The lowest BCUT2D eigenvalue weighted by molar-refractivity contribution is -0.121. The molecule has 3 heteroatoms. The highest BCUT2D eigenvalue weighted by Crippen LogP contribution is 2.40. The van der Waals surface area contributed by atoms with Crippen LogP contribution in [-0.2, 0) is 4.79 Å². The van der Waals surface area contributed by atoms with E-state index < -0.39 is 0 Å². The largest absolute Gasteiger partial charge is 0.353 e. The molecule has 1 N–H and O–H groups in total. The minimum Gasteiger partial charge on any atom is -0.353 e. The Morgan fingerprint density at radius 2 is 2.28 bits per heavy atom.